The van der Waals surface area contributed by atoms with Crippen molar-refractivity contribution in [3.05, 3.63) is 58.1 Å². The third kappa shape index (κ3) is 2.72. The fourth-order valence-electron chi connectivity index (χ4n) is 2.50. The number of benzene rings is 2. The van der Waals surface area contributed by atoms with Crippen LogP contribution < -0.4 is 10.1 Å². The molecule has 1 heterocycles. The Balaban J connectivity index is 1.75. The van der Waals surface area contributed by atoms with Crippen LogP contribution in [0, 0.1) is 0 Å². The van der Waals surface area contributed by atoms with E-state index in [-0.39, 0.29) is 0 Å². The Bertz CT molecular complexity index is 615. The zero-order valence-corrected chi connectivity index (χ0v) is 12.4. The SMILES string of the molecule is Clc1cccc(NCC2CCOc3ccccc32)c1Cl. The molecular weight excluding hydrogens is 293 g/mol. The van der Waals surface area contributed by atoms with Crippen molar-refractivity contribution in [1.82, 2.24) is 0 Å². The van der Waals surface area contributed by atoms with Crippen LogP contribution in [0.25, 0.3) is 0 Å². The van der Waals surface area contributed by atoms with Gasteiger partial charge >= 0.3 is 0 Å². The number of halogens is 2. The second-order valence-corrected chi connectivity index (χ2v) is 5.64. The van der Waals surface area contributed by atoms with E-state index >= 15 is 0 Å². The van der Waals surface area contributed by atoms with Gasteiger partial charge in [-0.15, -0.1) is 0 Å². The summed E-state index contributed by atoms with van der Waals surface area (Å²) in [5, 5.41) is 4.54. The summed E-state index contributed by atoms with van der Waals surface area (Å²) in [5.41, 5.74) is 2.13. The van der Waals surface area contributed by atoms with Crippen LogP contribution in [0.5, 0.6) is 5.75 Å². The van der Waals surface area contributed by atoms with E-state index in [1.54, 1.807) is 6.07 Å². The molecule has 1 aliphatic rings. The monoisotopic (exact) mass is 307 g/mol. The molecule has 0 saturated carbocycles. The highest BCUT2D eigenvalue weighted by Crippen LogP contribution is 2.35. The summed E-state index contributed by atoms with van der Waals surface area (Å²) < 4.78 is 5.67. The number of rotatable bonds is 3. The van der Waals surface area contributed by atoms with Gasteiger partial charge in [-0.1, -0.05) is 47.5 Å². The molecule has 1 atom stereocenters. The van der Waals surface area contributed by atoms with Crippen molar-refractivity contribution in [1.29, 1.82) is 0 Å². The molecule has 0 fully saturated rings. The Morgan fingerprint density at radius 3 is 2.85 bits per heavy atom. The Kier molecular flexibility index (Phi) is 4.04. The third-order valence-corrected chi connectivity index (χ3v) is 4.39. The highest BCUT2D eigenvalue weighted by molar-refractivity contribution is 6.43. The van der Waals surface area contributed by atoms with Crippen molar-refractivity contribution in [2.75, 3.05) is 18.5 Å². The molecule has 1 N–H and O–H groups in total. The molecule has 1 aliphatic heterocycles. The summed E-state index contributed by atoms with van der Waals surface area (Å²) in [5.74, 6) is 1.41. The summed E-state index contributed by atoms with van der Waals surface area (Å²) in [6, 6.07) is 13.8. The molecule has 4 heteroatoms. The second kappa shape index (κ2) is 5.94. The van der Waals surface area contributed by atoms with Crippen molar-refractivity contribution < 1.29 is 4.74 Å². The maximum Gasteiger partial charge on any atom is 0.122 e. The molecule has 0 aliphatic carbocycles. The van der Waals surface area contributed by atoms with Gasteiger partial charge in [-0.05, 0) is 30.2 Å². The van der Waals surface area contributed by atoms with Crippen LogP contribution in [0.2, 0.25) is 10.0 Å². The lowest BCUT2D eigenvalue weighted by molar-refractivity contribution is 0.270. The van der Waals surface area contributed by atoms with Gasteiger partial charge in [-0.3, -0.25) is 0 Å². The van der Waals surface area contributed by atoms with Crippen molar-refractivity contribution in [2.45, 2.75) is 12.3 Å². The smallest absolute Gasteiger partial charge is 0.122 e. The number of fused-ring (bicyclic) bond motifs is 1. The number of anilines is 1. The Morgan fingerprint density at radius 2 is 1.95 bits per heavy atom. The average Bonchev–Trinajstić information content (AvgIpc) is 2.49. The summed E-state index contributed by atoms with van der Waals surface area (Å²) in [7, 11) is 0. The minimum absolute atomic E-state index is 0.426. The largest absolute Gasteiger partial charge is 0.493 e. The van der Waals surface area contributed by atoms with Gasteiger partial charge in [0.15, 0.2) is 0 Å². The summed E-state index contributed by atoms with van der Waals surface area (Å²) in [6.07, 6.45) is 1.00. The Hall–Kier alpha value is -1.38. The Morgan fingerprint density at radius 1 is 1.10 bits per heavy atom. The van der Waals surface area contributed by atoms with E-state index in [0.717, 1.165) is 31.0 Å². The molecule has 0 aromatic heterocycles. The summed E-state index contributed by atoms with van der Waals surface area (Å²) >= 11 is 12.2. The van der Waals surface area contributed by atoms with E-state index in [1.165, 1.54) is 5.56 Å². The van der Waals surface area contributed by atoms with Gasteiger partial charge in [-0.2, -0.15) is 0 Å². The summed E-state index contributed by atoms with van der Waals surface area (Å²) in [4.78, 5) is 0. The fraction of sp³-hybridized carbons (Fsp3) is 0.250. The van der Waals surface area contributed by atoms with Gasteiger partial charge in [0.05, 0.1) is 22.3 Å². The van der Waals surface area contributed by atoms with Crippen LogP contribution >= 0.6 is 23.2 Å². The predicted molar refractivity (Wildman–Crippen MR) is 84.2 cm³/mol. The first-order valence-corrected chi connectivity index (χ1v) is 7.41. The van der Waals surface area contributed by atoms with Crippen LogP contribution in [-0.4, -0.2) is 13.2 Å². The maximum atomic E-state index is 6.19. The fourth-order valence-corrected chi connectivity index (χ4v) is 2.87. The molecule has 104 valence electrons. The van der Waals surface area contributed by atoms with Crippen LogP contribution in [0.4, 0.5) is 5.69 Å². The molecule has 2 aromatic carbocycles. The van der Waals surface area contributed by atoms with E-state index in [4.69, 9.17) is 27.9 Å². The van der Waals surface area contributed by atoms with Crippen molar-refractivity contribution in [2.24, 2.45) is 0 Å². The molecule has 1 unspecified atom stereocenters. The van der Waals surface area contributed by atoms with Crippen LogP contribution in [0.15, 0.2) is 42.5 Å². The van der Waals surface area contributed by atoms with E-state index in [1.807, 2.05) is 30.3 Å². The lowest BCUT2D eigenvalue weighted by atomic mass is 9.93. The molecule has 0 radical (unpaired) electrons. The second-order valence-electron chi connectivity index (χ2n) is 4.85. The van der Waals surface area contributed by atoms with Gasteiger partial charge < -0.3 is 10.1 Å². The lowest BCUT2D eigenvalue weighted by Gasteiger charge is -2.26. The van der Waals surface area contributed by atoms with Gasteiger partial charge in [0.25, 0.3) is 0 Å². The standard InChI is InChI=1S/C16H15Cl2NO/c17-13-5-3-6-14(16(13)18)19-10-11-8-9-20-15-7-2-1-4-12(11)15/h1-7,11,19H,8-10H2. The van der Waals surface area contributed by atoms with E-state index in [9.17, 15) is 0 Å². The van der Waals surface area contributed by atoms with E-state index in [2.05, 4.69) is 11.4 Å². The molecule has 3 rings (SSSR count). The number of hydrogen-bond acceptors (Lipinski definition) is 2. The number of para-hydroxylation sites is 1. The first kappa shape index (κ1) is 13.6. The van der Waals surface area contributed by atoms with Gasteiger partial charge in [0.2, 0.25) is 0 Å². The average molecular weight is 308 g/mol. The van der Waals surface area contributed by atoms with E-state index in [0.29, 0.717) is 16.0 Å². The number of hydrogen-bond donors (Lipinski definition) is 1. The zero-order chi connectivity index (χ0) is 13.9. The maximum absolute atomic E-state index is 6.19. The van der Waals surface area contributed by atoms with Crippen LogP contribution in [0.1, 0.15) is 17.9 Å². The minimum Gasteiger partial charge on any atom is -0.493 e. The van der Waals surface area contributed by atoms with Crippen molar-refractivity contribution in [3.63, 3.8) is 0 Å². The molecule has 2 nitrogen and oxygen atoms in total. The van der Waals surface area contributed by atoms with Gasteiger partial charge in [-0.25, -0.2) is 0 Å². The van der Waals surface area contributed by atoms with Crippen molar-refractivity contribution in [3.8, 4) is 5.75 Å². The summed E-state index contributed by atoms with van der Waals surface area (Å²) in [6.45, 7) is 1.58. The van der Waals surface area contributed by atoms with Gasteiger partial charge in [0.1, 0.15) is 5.75 Å². The Labute approximate surface area is 128 Å². The molecule has 0 amide bonds. The molecular formula is C16H15Cl2NO. The topological polar surface area (TPSA) is 21.3 Å². The molecule has 0 spiro atoms. The number of nitrogens with one attached hydrogen (secondary N) is 1. The number of ether oxygens (including phenoxy) is 1. The predicted octanol–water partition coefficient (Wildman–Crippen LogP) is 4.97. The molecule has 0 bridgehead atoms. The lowest BCUT2D eigenvalue weighted by Crippen LogP contribution is -2.20. The normalized spacial score (nSPS) is 17.2. The van der Waals surface area contributed by atoms with Crippen LogP contribution in [-0.2, 0) is 0 Å². The van der Waals surface area contributed by atoms with Gasteiger partial charge in [0, 0.05) is 12.5 Å². The van der Waals surface area contributed by atoms with Crippen molar-refractivity contribution >= 4 is 28.9 Å². The minimum atomic E-state index is 0.426. The quantitative estimate of drug-likeness (QED) is 0.864. The molecule has 20 heavy (non-hydrogen) atoms. The highest BCUT2D eigenvalue weighted by Gasteiger charge is 2.21. The third-order valence-electron chi connectivity index (χ3n) is 3.57. The highest BCUT2D eigenvalue weighted by atomic mass is 35.5. The molecule has 0 saturated heterocycles. The van der Waals surface area contributed by atoms with E-state index < -0.39 is 0 Å². The first-order chi connectivity index (χ1) is 9.75. The van der Waals surface area contributed by atoms with Crippen LogP contribution in [0.3, 0.4) is 0 Å². The first-order valence-electron chi connectivity index (χ1n) is 6.65. The zero-order valence-electron chi connectivity index (χ0n) is 10.9. The molecule has 2 aromatic rings.